The van der Waals surface area contributed by atoms with Crippen LogP contribution in [-0.2, 0) is 11.2 Å². The molecule has 0 bridgehead atoms. The van der Waals surface area contributed by atoms with E-state index in [-0.39, 0.29) is 6.42 Å². The molecule has 136 valence electrons. The Balaban J connectivity index is 1.94. The van der Waals surface area contributed by atoms with Gasteiger partial charge in [-0.2, -0.15) is 5.26 Å². The molecule has 0 aliphatic carbocycles. The number of nitriles is 1. The molecule has 1 N–H and O–H groups in total. The van der Waals surface area contributed by atoms with Gasteiger partial charge in [0.05, 0.1) is 18.2 Å². The van der Waals surface area contributed by atoms with Gasteiger partial charge < -0.3 is 14.6 Å². The molecule has 0 aliphatic rings. The van der Waals surface area contributed by atoms with Gasteiger partial charge in [-0.1, -0.05) is 30.3 Å². The molecule has 0 amide bonds. The Morgan fingerprint density at radius 3 is 2.56 bits per heavy atom. The topological polar surface area (TPSA) is 79.5 Å². The van der Waals surface area contributed by atoms with Crippen LogP contribution in [0.5, 0.6) is 17.2 Å². The molecule has 0 radical (unpaired) electrons. The van der Waals surface area contributed by atoms with Gasteiger partial charge in [-0.15, -0.1) is 0 Å². The first-order valence-corrected chi connectivity index (χ1v) is 8.69. The van der Waals surface area contributed by atoms with E-state index in [1.54, 1.807) is 24.3 Å². The van der Waals surface area contributed by atoms with Gasteiger partial charge >= 0.3 is 5.97 Å². The monoisotopic (exact) mass is 361 g/mol. The molecule has 3 aromatic rings. The Bertz CT molecular complexity index is 1020. The van der Waals surface area contributed by atoms with Crippen LogP contribution in [0.1, 0.15) is 24.5 Å². The molecule has 3 aromatic carbocycles. The third-order valence-corrected chi connectivity index (χ3v) is 4.18. The lowest BCUT2D eigenvalue weighted by atomic mass is 10.0. The summed E-state index contributed by atoms with van der Waals surface area (Å²) in [4.78, 5) is 10.8. The van der Waals surface area contributed by atoms with Crippen LogP contribution in [0.2, 0.25) is 0 Å². The molecular weight excluding hydrogens is 342 g/mol. The second-order valence-corrected chi connectivity index (χ2v) is 5.97. The molecule has 0 saturated carbocycles. The second-order valence-electron chi connectivity index (χ2n) is 5.97. The van der Waals surface area contributed by atoms with Crippen molar-refractivity contribution in [1.29, 1.82) is 5.26 Å². The molecule has 0 aromatic heterocycles. The van der Waals surface area contributed by atoms with E-state index in [1.807, 2.05) is 37.3 Å². The normalized spacial score (nSPS) is 10.4. The molecule has 0 atom stereocenters. The quantitative estimate of drug-likeness (QED) is 0.646. The van der Waals surface area contributed by atoms with E-state index in [9.17, 15) is 10.1 Å². The van der Waals surface area contributed by atoms with Crippen molar-refractivity contribution in [2.75, 3.05) is 6.61 Å². The largest absolute Gasteiger partial charge is 0.493 e. The van der Waals surface area contributed by atoms with Crippen molar-refractivity contribution >= 4 is 16.7 Å². The summed E-state index contributed by atoms with van der Waals surface area (Å²) in [6, 6.07) is 18.7. The van der Waals surface area contributed by atoms with Gasteiger partial charge in [0.25, 0.3) is 0 Å². The number of nitrogens with zero attached hydrogens (tertiary/aromatic N) is 1. The predicted molar refractivity (Wildman–Crippen MR) is 102 cm³/mol. The lowest BCUT2D eigenvalue weighted by Crippen LogP contribution is -2.01. The first-order chi connectivity index (χ1) is 13.1. The second kappa shape index (κ2) is 8.24. The number of carboxylic acids is 1. The van der Waals surface area contributed by atoms with Crippen LogP contribution in [-0.4, -0.2) is 17.7 Å². The van der Waals surface area contributed by atoms with Crippen LogP contribution in [0.15, 0.2) is 54.6 Å². The molecule has 0 spiro atoms. The van der Waals surface area contributed by atoms with Gasteiger partial charge in [-0.05, 0) is 37.1 Å². The summed E-state index contributed by atoms with van der Waals surface area (Å²) >= 11 is 0. The van der Waals surface area contributed by atoms with Gasteiger partial charge in [0.15, 0.2) is 0 Å². The van der Waals surface area contributed by atoms with E-state index in [0.717, 1.165) is 16.3 Å². The average Bonchev–Trinajstić information content (AvgIpc) is 2.68. The lowest BCUT2D eigenvalue weighted by molar-refractivity contribution is -0.136. The molecule has 0 heterocycles. The van der Waals surface area contributed by atoms with E-state index in [1.165, 1.54) is 0 Å². The number of aliphatic carboxylic acids is 1. The van der Waals surface area contributed by atoms with Gasteiger partial charge in [-0.25, -0.2) is 0 Å². The minimum atomic E-state index is -0.846. The smallest absolute Gasteiger partial charge is 0.303 e. The molecule has 0 aliphatic heterocycles. The van der Waals surface area contributed by atoms with Gasteiger partial charge in [0.2, 0.25) is 0 Å². The number of carboxylic acid groups (broad SMARTS) is 1. The third-order valence-electron chi connectivity index (χ3n) is 4.18. The van der Waals surface area contributed by atoms with Crippen LogP contribution >= 0.6 is 0 Å². The fourth-order valence-corrected chi connectivity index (χ4v) is 2.92. The van der Waals surface area contributed by atoms with Crippen LogP contribution in [0.25, 0.3) is 10.8 Å². The van der Waals surface area contributed by atoms with Gasteiger partial charge in [-0.3, -0.25) is 4.79 Å². The first-order valence-electron chi connectivity index (χ1n) is 8.69. The number of carbonyl (C=O) groups is 1. The standard InChI is InChI=1S/C22H19NO4/c1-2-26-21-13-17(10-7-15(21)9-12-22(24)25)27-20-11-8-16(14-23)18-5-3-4-6-19(18)20/h3-8,10-11,13H,2,9,12H2,1H3,(H,24,25). The summed E-state index contributed by atoms with van der Waals surface area (Å²) in [6.45, 7) is 2.35. The van der Waals surface area contributed by atoms with E-state index < -0.39 is 5.97 Å². The fourth-order valence-electron chi connectivity index (χ4n) is 2.92. The maximum absolute atomic E-state index is 10.8. The Labute approximate surface area is 157 Å². The Kier molecular flexibility index (Phi) is 5.58. The van der Waals surface area contributed by atoms with E-state index in [2.05, 4.69) is 6.07 Å². The van der Waals surface area contributed by atoms with E-state index in [4.69, 9.17) is 14.6 Å². The molecule has 3 rings (SSSR count). The van der Waals surface area contributed by atoms with Crippen molar-refractivity contribution in [2.45, 2.75) is 19.8 Å². The predicted octanol–water partition coefficient (Wildman–Crippen LogP) is 4.92. The van der Waals surface area contributed by atoms with Crippen molar-refractivity contribution in [3.05, 3.63) is 65.7 Å². The van der Waals surface area contributed by atoms with Crippen molar-refractivity contribution < 1.29 is 19.4 Å². The molecule has 5 heteroatoms. The molecule has 5 nitrogen and oxygen atoms in total. The van der Waals surface area contributed by atoms with E-state index in [0.29, 0.717) is 35.8 Å². The highest BCUT2D eigenvalue weighted by Gasteiger charge is 2.11. The number of aryl methyl sites for hydroxylation is 1. The van der Waals surface area contributed by atoms with Gasteiger partial charge in [0.1, 0.15) is 17.2 Å². The Hall–Kier alpha value is -3.52. The highest BCUT2D eigenvalue weighted by molar-refractivity contribution is 5.92. The van der Waals surface area contributed by atoms with Crippen LogP contribution in [0.3, 0.4) is 0 Å². The average molecular weight is 361 g/mol. The minimum Gasteiger partial charge on any atom is -0.493 e. The zero-order valence-corrected chi connectivity index (χ0v) is 14.9. The van der Waals surface area contributed by atoms with Crippen molar-refractivity contribution in [1.82, 2.24) is 0 Å². The molecular formula is C22H19NO4. The zero-order chi connectivity index (χ0) is 19.2. The zero-order valence-electron chi connectivity index (χ0n) is 14.9. The Morgan fingerprint density at radius 1 is 1.07 bits per heavy atom. The van der Waals surface area contributed by atoms with Crippen LogP contribution in [0, 0.1) is 11.3 Å². The van der Waals surface area contributed by atoms with Crippen LogP contribution in [0.4, 0.5) is 0 Å². The highest BCUT2D eigenvalue weighted by atomic mass is 16.5. The molecule has 27 heavy (non-hydrogen) atoms. The minimum absolute atomic E-state index is 0.0422. The Morgan fingerprint density at radius 2 is 1.85 bits per heavy atom. The summed E-state index contributed by atoms with van der Waals surface area (Å²) < 4.78 is 11.7. The van der Waals surface area contributed by atoms with Gasteiger partial charge in [0, 0.05) is 23.3 Å². The van der Waals surface area contributed by atoms with Crippen molar-refractivity contribution in [3.8, 4) is 23.3 Å². The maximum atomic E-state index is 10.8. The summed E-state index contributed by atoms with van der Waals surface area (Å²) in [5, 5.41) is 19.9. The van der Waals surface area contributed by atoms with Crippen molar-refractivity contribution in [3.63, 3.8) is 0 Å². The van der Waals surface area contributed by atoms with Crippen LogP contribution < -0.4 is 9.47 Å². The summed E-state index contributed by atoms with van der Waals surface area (Å²) in [5.41, 5.74) is 1.42. The number of rotatable bonds is 7. The van der Waals surface area contributed by atoms with Crippen molar-refractivity contribution in [2.24, 2.45) is 0 Å². The fraction of sp³-hybridized carbons (Fsp3) is 0.182. The highest BCUT2D eigenvalue weighted by Crippen LogP contribution is 2.34. The summed E-state index contributed by atoms with van der Waals surface area (Å²) in [7, 11) is 0. The summed E-state index contributed by atoms with van der Waals surface area (Å²) in [6.07, 6.45) is 0.436. The number of hydrogen-bond acceptors (Lipinski definition) is 4. The molecule has 0 unspecified atom stereocenters. The third kappa shape index (κ3) is 4.18. The molecule has 0 saturated heterocycles. The maximum Gasteiger partial charge on any atom is 0.303 e. The lowest BCUT2D eigenvalue weighted by Gasteiger charge is -2.14. The number of benzene rings is 3. The number of hydrogen-bond donors (Lipinski definition) is 1. The number of ether oxygens (including phenoxy) is 2. The molecule has 0 fully saturated rings. The summed E-state index contributed by atoms with van der Waals surface area (Å²) in [5.74, 6) is 1.01. The first kappa shape index (κ1) is 18.3. The number of fused-ring (bicyclic) bond motifs is 1. The van der Waals surface area contributed by atoms with E-state index >= 15 is 0 Å². The SMILES string of the molecule is CCOc1cc(Oc2ccc(C#N)c3ccccc23)ccc1CCC(=O)O.